The number of allylic oxidation sites excluding steroid dienone is 3. The molecule has 3 heterocycles. The molecule has 3 fully saturated rings. The number of ether oxygens (including phenoxy) is 10. The smallest absolute Gasteiger partial charge is 0.199 e. The summed E-state index contributed by atoms with van der Waals surface area (Å²) in [6, 6.07) is 100.0. The van der Waals surface area contributed by atoms with E-state index >= 15 is 0 Å². The van der Waals surface area contributed by atoms with Gasteiger partial charge in [0, 0.05) is 76.9 Å². The van der Waals surface area contributed by atoms with Crippen LogP contribution in [0.25, 0.3) is 33.4 Å². The van der Waals surface area contributed by atoms with Gasteiger partial charge in [-0.3, -0.25) is 9.59 Å². The van der Waals surface area contributed by atoms with Gasteiger partial charge in [0.1, 0.15) is 46.0 Å². The normalized spacial score (nSPS) is 14.6. The minimum absolute atomic E-state index is 0.0526. The molecule has 5 N–H and O–H groups in total. The standard InChI is InChI=1S/C34H42O5.C27H28O3.C22H20O2.C13H10O3.C9H10O.C7H15ClO2.C5H10O/c1-4-31(26-12-6-5-7-13-26)34(28-18-22-30(23-19-28)39-33-15-9-11-25-38-33)27-16-20-29(21-17-27)37-24-10-8-14-32(35-2)36-3;1-2-25(20-8-4-3-5-9-20)27(21-11-15-23(28)16-12-21)22-13-17-24(18-14-22)30-26-10-6-7-19-29-26;1-2-21(16-6-4-3-5-7-16)22(17-8-12-19(23)13-9-17)18-10-14-20(24)15-11-18;14-11-5-1-9(2-6-11)13(16)10-3-7-12(15)8-4-10;1-2-9(10)8-6-4-3-5-7-8;1-9-7(10-2)5-3-4-6-8;1-5-3-2-4-6-5/h5-7,12-13,16-23,32-33H,4,8-11,14-15,24-25H2,1-3H3;3-5,8-9,11-18,26,28H,2,6-7,10,19H2,1H3;3-15,23-24H,2H2,1H3;1-8,14-15H;3-7H,2H2,1H3;7H,3-6H2,1-2H3;5H,2-4H2,1H3. The van der Waals surface area contributed by atoms with Gasteiger partial charge < -0.3 is 72.9 Å². The maximum Gasteiger partial charge on any atom is 0.199 e. The van der Waals surface area contributed by atoms with Gasteiger partial charge in [0.05, 0.1) is 25.9 Å². The fourth-order valence-corrected chi connectivity index (χ4v) is 15.8. The Morgan fingerprint density at radius 1 is 0.319 bits per heavy atom. The fourth-order valence-electron chi connectivity index (χ4n) is 15.6. The zero-order valence-corrected chi connectivity index (χ0v) is 80.4. The maximum absolute atomic E-state index is 11.9. The van der Waals surface area contributed by atoms with Gasteiger partial charge in [-0.05, 0) is 308 Å². The summed E-state index contributed by atoms with van der Waals surface area (Å²) in [5, 5.41) is 47.2. The first-order chi connectivity index (χ1) is 65.9. The molecule has 0 spiro atoms. The van der Waals surface area contributed by atoms with Gasteiger partial charge in [-0.1, -0.05) is 222 Å². The summed E-state index contributed by atoms with van der Waals surface area (Å²) in [7, 11) is 6.64. The molecule has 12 aromatic carbocycles. The molecule has 3 unspecified atom stereocenters. The lowest BCUT2D eigenvalue weighted by atomic mass is 9.88. The van der Waals surface area contributed by atoms with Crippen LogP contribution >= 0.6 is 11.6 Å². The van der Waals surface area contributed by atoms with Crippen LogP contribution in [0.5, 0.6) is 46.0 Å². The molecule has 0 aliphatic carbocycles. The Kier molecular flexibility index (Phi) is 47.3. The fraction of sp³-hybridized carbons (Fsp3) is 0.316. The quantitative estimate of drug-likeness (QED) is 0.00830. The molecule has 0 saturated carbocycles. The van der Waals surface area contributed by atoms with Gasteiger partial charge in [0.25, 0.3) is 0 Å². The Labute approximate surface area is 804 Å². The highest BCUT2D eigenvalue weighted by atomic mass is 35.5. The second kappa shape index (κ2) is 60.1. The number of hydrogen-bond donors (Lipinski definition) is 5. The van der Waals surface area contributed by atoms with Crippen molar-refractivity contribution in [2.75, 3.05) is 60.7 Å². The molecule has 135 heavy (non-hydrogen) atoms. The number of carbonyl (C=O) groups excluding carboxylic acids is 2. The third-order valence-corrected chi connectivity index (χ3v) is 23.1. The lowest BCUT2D eigenvalue weighted by Crippen LogP contribution is -2.24. The Morgan fingerprint density at radius 3 is 0.867 bits per heavy atom. The van der Waals surface area contributed by atoms with Gasteiger partial charge in [-0.2, -0.15) is 0 Å². The molecule has 18 heteroatoms. The number of halogens is 1. The van der Waals surface area contributed by atoms with Crippen LogP contribution in [0.1, 0.15) is 227 Å². The lowest BCUT2D eigenvalue weighted by Gasteiger charge is -2.23. The summed E-state index contributed by atoms with van der Waals surface area (Å²) in [6.07, 6.45) is 18.1. The SMILES string of the molecule is CC1CCCO1.CCC(=C(c1ccc(O)cc1)c1ccc(O)cc1)c1ccccc1.CCC(=C(c1ccc(O)cc1)c1ccc(OC2CCCCO2)cc1)c1ccccc1.CCC(=C(c1ccc(OCCCCC(OC)OC)cc1)c1ccc(OC2CCCCO2)cc1)c1ccccc1.CCC(=O)c1ccccc1.COC(CCCCCl)OC.O=C(c1ccc(O)cc1)c1ccc(O)cc1. The average molecular weight is 1850 g/mol. The topological polar surface area (TPSA) is 228 Å². The van der Waals surface area contributed by atoms with Crippen molar-refractivity contribution in [1.29, 1.82) is 0 Å². The van der Waals surface area contributed by atoms with Crippen LogP contribution in [0.2, 0.25) is 0 Å². The van der Waals surface area contributed by atoms with Crippen molar-refractivity contribution < 1.29 is 82.5 Å². The third kappa shape index (κ3) is 36.1. The first kappa shape index (κ1) is 106. The Balaban J connectivity index is 0.000000190. The second-order valence-corrected chi connectivity index (χ2v) is 32.9. The molecular weight excluding hydrogens is 1710 g/mol. The number of hydrogen-bond acceptors (Lipinski definition) is 17. The first-order valence-corrected chi connectivity index (χ1v) is 47.7. The Bertz CT molecular complexity index is 5310. The van der Waals surface area contributed by atoms with E-state index in [9.17, 15) is 24.9 Å². The number of carbonyl (C=O) groups is 2. The molecule has 0 radical (unpaired) electrons. The van der Waals surface area contributed by atoms with Crippen LogP contribution in [0, 0.1) is 0 Å². The van der Waals surface area contributed by atoms with E-state index < -0.39 is 0 Å². The van der Waals surface area contributed by atoms with Crippen LogP contribution < -0.4 is 14.2 Å². The van der Waals surface area contributed by atoms with Gasteiger partial charge in [-0.25, -0.2) is 0 Å². The summed E-state index contributed by atoms with van der Waals surface area (Å²) in [6.45, 7) is 13.7. The molecule has 17 nitrogen and oxygen atoms in total. The van der Waals surface area contributed by atoms with E-state index in [1.54, 1.807) is 89.1 Å². The number of phenols is 5. The van der Waals surface area contributed by atoms with E-state index in [0.717, 1.165) is 184 Å². The van der Waals surface area contributed by atoms with Crippen LogP contribution in [0.3, 0.4) is 0 Å². The van der Waals surface area contributed by atoms with Crippen molar-refractivity contribution in [2.45, 2.75) is 181 Å². The minimum atomic E-state index is -0.149. The predicted molar refractivity (Wildman–Crippen MR) is 545 cm³/mol. The summed E-state index contributed by atoms with van der Waals surface area (Å²) >= 11 is 5.49. The zero-order valence-electron chi connectivity index (χ0n) is 79.7. The number of ketones is 2. The highest BCUT2D eigenvalue weighted by Gasteiger charge is 2.22. The molecule has 0 aromatic heterocycles. The van der Waals surface area contributed by atoms with Crippen molar-refractivity contribution in [1.82, 2.24) is 0 Å². The number of benzene rings is 12. The molecule has 15 rings (SSSR count). The zero-order chi connectivity index (χ0) is 96.2. The number of rotatable bonds is 34. The number of alkyl halides is 1. The highest BCUT2D eigenvalue weighted by molar-refractivity contribution is 6.17. The molecule has 0 bridgehead atoms. The Morgan fingerprint density at radius 2 is 0.607 bits per heavy atom. The van der Waals surface area contributed by atoms with Gasteiger partial charge in [0.15, 0.2) is 36.7 Å². The largest absolute Gasteiger partial charge is 0.508 e. The van der Waals surface area contributed by atoms with E-state index in [0.29, 0.717) is 30.3 Å². The van der Waals surface area contributed by atoms with E-state index in [4.69, 9.17) is 69.2 Å². The first-order valence-electron chi connectivity index (χ1n) is 47.1. The summed E-state index contributed by atoms with van der Waals surface area (Å²) in [5.41, 5.74) is 19.4. The number of aromatic hydroxyl groups is 5. The third-order valence-electron chi connectivity index (χ3n) is 22.9. The van der Waals surface area contributed by atoms with Gasteiger partial charge >= 0.3 is 0 Å². The maximum atomic E-state index is 11.9. The van der Waals surface area contributed by atoms with Crippen molar-refractivity contribution in [2.24, 2.45) is 0 Å². The van der Waals surface area contributed by atoms with Crippen LogP contribution in [0.4, 0.5) is 0 Å². The monoisotopic (exact) mass is 1850 g/mol. The molecule has 712 valence electrons. The molecule has 0 amide bonds. The minimum Gasteiger partial charge on any atom is -0.508 e. The van der Waals surface area contributed by atoms with E-state index in [1.807, 2.05) is 110 Å². The highest BCUT2D eigenvalue weighted by Crippen LogP contribution is 2.40. The van der Waals surface area contributed by atoms with Crippen LogP contribution in [-0.4, -0.2) is 129 Å². The number of unbranched alkanes of at least 4 members (excludes halogenated alkanes) is 2. The number of methoxy groups -OCH3 is 4. The second-order valence-electron chi connectivity index (χ2n) is 32.5. The van der Waals surface area contributed by atoms with Crippen molar-refractivity contribution in [3.8, 4) is 46.0 Å². The summed E-state index contributed by atoms with van der Waals surface area (Å²) in [5.74, 6) is 4.37. The summed E-state index contributed by atoms with van der Waals surface area (Å²) < 4.78 is 55.2. The molecule has 3 aliphatic rings. The van der Waals surface area contributed by atoms with E-state index in [-0.39, 0.29) is 65.5 Å². The predicted octanol–water partition coefficient (Wildman–Crippen LogP) is 28.1. The van der Waals surface area contributed by atoms with Crippen LogP contribution in [-0.2, 0) is 33.2 Å². The van der Waals surface area contributed by atoms with Crippen molar-refractivity contribution in [3.05, 3.63) is 382 Å². The lowest BCUT2D eigenvalue weighted by molar-refractivity contribution is -0.107. The molecule has 3 saturated heterocycles. The van der Waals surface area contributed by atoms with Crippen molar-refractivity contribution in [3.63, 3.8) is 0 Å². The average Bonchev–Trinajstić information content (AvgIpc) is 1.04. The van der Waals surface area contributed by atoms with E-state index in [2.05, 4.69) is 155 Å². The van der Waals surface area contributed by atoms with Gasteiger partial charge in [-0.15, -0.1) is 11.6 Å². The number of Topliss-reactive ketones (excluding diaryl/α,β-unsaturated/α-hetero) is 1. The van der Waals surface area contributed by atoms with Crippen molar-refractivity contribution >= 4 is 56.6 Å². The van der Waals surface area contributed by atoms with Crippen LogP contribution in [0.15, 0.2) is 315 Å². The molecule has 3 atom stereocenters. The molecule has 3 aliphatic heterocycles. The van der Waals surface area contributed by atoms with Gasteiger partial charge in [0.2, 0.25) is 0 Å². The van der Waals surface area contributed by atoms with E-state index in [1.165, 1.54) is 81.7 Å². The summed E-state index contributed by atoms with van der Waals surface area (Å²) in [4.78, 5) is 22.9. The molecule has 12 aromatic rings. The number of phenolic OH excluding ortho intramolecular Hbond substituents is 5. The Hall–Kier alpha value is -12.4. The molecular formula is C117H135ClO17.